The number of nitrogens with one attached hydrogen (secondary N) is 1. The zero-order chi connectivity index (χ0) is 19.3. The molecule has 2 bridgehead atoms. The highest BCUT2D eigenvalue weighted by Crippen LogP contribution is 2.60. The van der Waals surface area contributed by atoms with Crippen molar-refractivity contribution in [2.24, 2.45) is 16.7 Å². The van der Waals surface area contributed by atoms with Crippen molar-refractivity contribution in [3.05, 3.63) is 29.3 Å². The van der Waals surface area contributed by atoms with Crippen molar-refractivity contribution in [2.75, 3.05) is 11.9 Å². The average Bonchev–Trinajstić information content (AvgIpc) is 2.76. The Morgan fingerprint density at radius 1 is 1.23 bits per heavy atom. The van der Waals surface area contributed by atoms with Crippen molar-refractivity contribution in [3.63, 3.8) is 0 Å². The van der Waals surface area contributed by atoms with Gasteiger partial charge in [0.25, 0.3) is 0 Å². The van der Waals surface area contributed by atoms with E-state index in [1.54, 1.807) is 0 Å². The highest BCUT2D eigenvalue weighted by atomic mass is 16.2. The Morgan fingerprint density at radius 3 is 2.62 bits per heavy atom. The standard InChI is InChI=1S/C21H28N2O3/c1-13-7-6-8-16(14(13)2)22-17(24)10-12-23-18(25)15-9-11-21(5,19(23)26)20(15,3)4/h6-8,15H,9-12H2,1-5H3,(H,22,24). The molecule has 5 heteroatoms. The lowest BCUT2D eigenvalue weighted by molar-refractivity contribution is -0.167. The molecule has 0 aromatic heterocycles. The van der Waals surface area contributed by atoms with E-state index in [2.05, 4.69) is 5.32 Å². The van der Waals surface area contributed by atoms with Gasteiger partial charge in [-0.05, 0) is 49.3 Å². The molecule has 1 saturated heterocycles. The fourth-order valence-corrected chi connectivity index (χ4v) is 4.43. The van der Waals surface area contributed by atoms with E-state index in [0.717, 1.165) is 29.7 Å². The second-order valence-electron chi connectivity index (χ2n) is 8.49. The predicted molar refractivity (Wildman–Crippen MR) is 100 cm³/mol. The normalized spacial score (nSPS) is 27.0. The molecule has 2 atom stereocenters. The number of aryl methyl sites for hydroxylation is 1. The molecule has 1 aliphatic carbocycles. The number of amides is 3. The first-order valence-electron chi connectivity index (χ1n) is 9.31. The largest absolute Gasteiger partial charge is 0.326 e. The minimum absolute atomic E-state index is 0.116. The molecule has 2 aliphatic rings. The number of rotatable bonds is 4. The van der Waals surface area contributed by atoms with Gasteiger partial charge in [0, 0.05) is 24.6 Å². The quantitative estimate of drug-likeness (QED) is 0.841. The maximum absolute atomic E-state index is 13.0. The Morgan fingerprint density at radius 2 is 1.92 bits per heavy atom. The van der Waals surface area contributed by atoms with E-state index >= 15 is 0 Å². The molecular formula is C21H28N2O3. The van der Waals surface area contributed by atoms with E-state index < -0.39 is 5.41 Å². The van der Waals surface area contributed by atoms with Gasteiger partial charge in [-0.15, -0.1) is 0 Å². The third kappa shape index (κ3) is 2.65. The zero-order valence-corrected chi connectivity index (χ0v) is 16.3. The van der Waals surface area contributed by atoms with Crippen molar-refractivity contribution < 1.29 is 14.4 Å². The number of likely N-dealkylation sites (tertiary alicyclic amines) is 1. The number of piperidine rings is 1. The van der Waals surface area contributed by atoms with Crippen LogP contribution in [0.3, 0.4) is 0 Å². The Hall–Kier alpha value is -2.17. The minimum atomic E-state index is -0.519. The molecule has 0 radical (unpaired) electrons. The minimum Gasteiger partial charge on any atom is -0.326 e. The highest BCUT2D eigenvalue weighted by molar-refractivity contribution is 6.04. The van der Waals surface area contributed by atoms with Crippen LogP contribution in [0.5, 0.6) is 0 Å². The molecule has 1 N–H and O–H groups in total. The van der Waals surface area contributed by atoms with Gasteiger partial charge in [0.2, 0.25) is 17.7 Å². The molecule has 3 rings (SSSR count). The van der Waals surface area contributed by atoms with Gasteiger partial charge >= 0.3 is 0 Å². The van der Waals surface area contributed by atoms with Crippen molar-refractivity contribution in [3.8, 4) is 0 Å². The van der Waals surface area contributed by atoms with E-state index in [4.69, 9.17) is 0 Å². The molecule has 26 heavy (non-hydrogen) atoms. The van der Waals surface area contributed by atoms with Crippen molar-refractivity contribution in [1.29, 1.82) is 0 Å². The van der Waals surface area contributed by atoms with Gasteiger partial charge in [0.1, 0.15) is 0 Å². The van der Waals surface area contributed by atoms with Gasteiger partial charge in [-0.2, -0.15) is 0 Å². The molecule has 2 unspecified atom stereocenters. The van der Waals surface area contributed by atoms with Crippen LogP contribution in [-0.4, -0.2) is 29.2 Å². The number of hydrogen-bond donors (Lipinski definition) is 1. The summed E-state index contributed by atoms with van der Waals surface area (Å²) in [5.41, 5.74) is 2.07. The Bertz CT molecular complexity index is 783. The summed E-state index contributed by atoms with van der Waals surface area (Å²) in [5.74, 6) is -0.552. The number of fused-ring (bicyclic) bond motifs is 2. The summed E-state index contributed by atoms with van der Waals surface area (Å²) in [6, 6.07) is 5.76. The van der Waals surface area contributed by atoms with E-state index in [0.29, 0.717) is 0 Å². The average molecular weight is 356 g/mol. The molecule has 3 amide bonds. The number of carbonyl (C=O) groups is 3. The number of benzene rings is 1. The predicted octanol–water partition coefficient (Wildman–Crippen LogP) is 3.44. The van der Waals surface area contributed by atoms with Crippen LogP contribution in [0.25, 0.3) is 0 Å². The first-order valence-corrected chi connectivity index (χ1v) is 9.31. The van der Waals surface area contributed by atoms with E-state index in [9.17, 15) is 14.4 Å². The summed E-state index contributed by atoms with van der Waals surface area (Å²) >= 11 is 0. The molecule has 1 heterocycles. The molecular weight excluding hydrogens is 328 g/mol. The first kappa shape index (κ1) is 18.6. The lowest BCUT2D eigenvalue weighted by atomic mass is 9.62. The van der Waals surface area contributed by atoms with Crippen LogP contribution in [-0.2, 0) is 14.4 Å². The van der Waals surface area contributed by atoms with Gasteiger partial charge in [0.15, 0.2) is 0 Å². The topological polar surface area (TPSA) is 66.5 Å². The first-order chi connectivity index (χ1) is 12.1. The Labute approximate surface area is 155 Å². The van der Waals surface area contributed by atoms with Gasteiger partial charge in [-0.3, -0.25) is 19.3 Å². The van der Waals surface area contributed by atoms with Crippen molar-refractivity contribution in [2.45, 2.75) is 53.9 Å². The smallest absolute Gasteiger partial charge is 0.235 e. The van der Waals surface area contributed by atoms with Crippen LogP contribution < -0.4 is 5.32 Å². The molecule has 140 valence electrons. The van der Waals surface area contributed by atoms with Crippen LogP contribution in [0, 0.1) is 30.6 Å². The molecule has 1 aliphatic heterocycles. The fourth-order valence-electron chi connectivity index (χ4n) is 4.43. The molecule has 2 fully saturated rings. The van der Waals surface area contributed by atoms with Gasteiger partial charge in [-0.25, -0.2) is 0 Å². The van der Waals surface area contributed by atoms with Crippen LogP contribution in [0.15, 0.2) is 18.2 Å². The lowest BCUT2D eigenvalue weighted by Gasteiger charge is -2.47. The summed E-state index contributed by atoms with van der Waals surface area (Å²) < 4.78 is 0. The van der Waals surface area contributed by atoms with Gasteiger partial charge in [0.05, 0.1) is 5.41 Å². The molecule has 1 aromatic carbocycles. The summed E-state index contributed by atoms with van der Waals surface area (Å²) in [7, 11) is 0. The van der Waals surface area contributed by atoms with Crippen LogP contribution in [0.4, 0.5) is 5.69 Å². The van der Waals surface area contributed by atoms with Crippen molar-refractivity contribution >= 4 is 23.4 Å². The molecule has 1 aromatic rings. The van der Waals surface area contributed by atoms with Crippen LogP contribution in [0.2, 0.25) is 0 Å². The zero-order valence-electron chi connectivity index (χ0n) is 16.3. The number of hydrogen-bond acceptors (Lipinski definition) is 3. The van der Waals surface area contributed by atoms with Gasteiger partial charge < -0.3 is 5.32 Å². The van der Waals surface area contributed by atoms with Crippen molar-refractivity contribution in [1.82, 2.24) is 4.90 Å². The Balaban J connectivity index is 1.68. The van der Waals surface area contributed by atoms with E-state index in [1.165, 1.54) is 4.90 Å². The number of nitrogens with zero attached hydrogens (tertiary/aromatic N) is 1. The third-order valence-electron chi connectivity index (χ3n) is 6.95. The number of anilines is 1. The summed E-state index contributed by atoms with van der Waals surface area (Å²) in [5, 5.41) is 2.90. The van der Waals surface area contributed by atoms with Crippen LogP contribution >= 0.6 is 0 Å². The second kappa shape index (κ2) is 6.22. The number of imide groups is 1. The maximum Gasteiger partial charge on any atom is 0.235 e. The monoisotopic (exact) mass is 356 g/mol. The maximum atomic E-state index is 13.0. The van der Waals surface area contributed by atoms with Crippen LogP contribution in [0.1, 0.15) is 51.2 Å². The Kier molecular flexibility index (Phi) is 4.45. The highest BCUT2D eigenvalue weighted by Gasteiger charge is 2.64. The summed E-state index contributed by atoms with van der Waals surface area (Å²) in [4.78, 5) is 39.5. The summed E-state index contributed by atoms with van der Waals surface area (Å²) in [6.07, 6.45) is 1.60. The third-order valence-corrected chi connectivity index (χ3v) is 6.95. The SMILES string of the molecule is Cc1cccc(NC(=O)CCN2C(=O)C3CCC(C)(C2=O)C3(C)C)c1C. The van der Waals surface area contributed by atoms with Gasteiger partial charge in [-0.1, -0.05) is 32.9 Å². The number of carbonyl (C=O) groups excluding carboxylic acids is 3. The lowest BCUT2D eigenvalue weighted by Crippen LogP contribution is -2.59. The fraction of sp³-hybridized carbons (Fsp3) is 0.571. The molecule has 5 nitrogen and oxygen atoms in total. The molecule has 0 spiro atoms. The van der Waals surface area contributed by atoms with E-state index in [-0.39, 0.29) is 42.0 Å². The molecule has 1 saturated carbocycles. The second-order valence-corrected chi connectivity index (χ2v) is 8.49. The van der Waals surface area contributed by atoms with E-state index in [1.807, 2.05) is 52.8 Å². The summed E-state index contributed by atoms with van der Waals surface area (Å²) in [6.45, 7) is 10.1.